The Balaban J connectivity index is 0.000000162. The van der Waals surface area contributed by atoms with Gasteiger partial charge >= 0.3 is 0 Å². The fourth-order valence-corrected chi connectivity index (χ4v) is 4.04. The molecule has 2 atom stereocenters. The van der Waals surface area contributed by atoms with Crippen LogP contribution in [-0.2, 0) is 12.8 Å². The normalized spacial score (nSPS) is 19.4. The van der Waals surface area contributed by atoms with Crippen molar-refractivity contribution in [2.24, 2.45) is 5.11 Å². The summed E-state index contributed by atoms with van der Waals surface area (Å²) < 4.78 is 0. The Labute approximate surface area is 164 Å². The van der Waals surface area contributed by atoms with Crippen LogP contribution in [0.2, 0.25) is 0 Å². The van der Waals surface area contributed by atoms with Crippen molar-refractivity contribution in [2.75, 3.05) is 0 Å². The van der Waals surface area contributed by atoms with Gasteiger partial charge in [-0.1, -0.05) is 29.4 Å². The van der Waals surface area contributed by atoms with E-state index in [1.165, 1.54) is 0 Å². The van der Waals surface area contributed by atoms with Gasteiger partial charge in [-0.15, -0.1) is 0 Å². The number of azide groups is 1. The van der Waals surface area contributed by atoms with Gasteiger partial charge in [0.15, 0.2) is 0 Å². The molecule has 0 radical (unpaired) electrons. The van der Waals surface area contributed by atoms with Crippen LogP contribution in [0.3, 0.4) is 0 Å². The van der Waals surface area contributed by atoms with E-state index in [1.807, 2.05) is 36.4 Å². The highest BCUT2D eigenvalue weighted by atomic mass is 16.3. The molecule has 0 saturated carbocycles. The van der Waals surface area contributed by atoms with E-state index < -0.39 is 0 Å². The minimum absolute atomic E-state index is 0.0907. The summed E-state index contributed by atoms with van der Waals surface area (Å²) in [6, 6.07) is 15.4. The van der Waals surface area contributed by atoms with Gasteiger partial charge in [0.1, 0.15) is 0 Å². The van der Waals surface area contributed by atoms with Crippen LogP contribution in [0, 0.1) is 22.7 Å². The van der Waals surface area contributed by atoms with Gasteiger partial charge < -0.3 is 5.11 Å². The quantitative estimate of drug-likeness (QED) is 0.423. The Kier molecular flexibility index (Phi) is 6.29. The van der Waals surface area contributed by atoms with Crippen molar-refractivity contribution in [2.45, 2.75) is 50.7 Å². The SMILES string of the molecule is N#Cc1cccc2c1CCC[C@@H]2N=[N+]=[N-].N#Cc1cccc2c1CCC[C@H]2O. The third-order valence-corrected chi connectivity index (χ3v) is 5.38. The van der Waals surface area contributed by atoms with Crippen molar-refractivity contribution in [1.29, 1.82) is 10.5 Å². The maximum Gasteiger partial charge on any atom is 0.0994 e. The first-order chi connectivity index (χ1) is 13.7. The number of hydrogen-bond acceptors (Lipinski definition) is 4. The lowest BCUT2D eigenvalue weighted by Gasteiger charge is -2.22. The van der Waals surface area contributed by atoms with Crippen LogP contribution in [0.4, 0.5) is 0 Å². The van der Waals surface area contributed by atoms with E-state index in [-0.39, 0.29) is 12.1 Å². The summed E-state index contributed by atoms with van der Waals surface area (Å²) in [5.74, 6) is 0. The number of aliphatic hydroxyl groups excluding tert-OH is 1. The van der Waals surface area contributed by atoms with Gasteiger partial charge in [-0.2, -0.15) is 10.5 Å². The van der Waals surface area contributed by atoms with Crippen molar-refractivity contribution in [3.63, 3.8) is 0 Å². The Morgan fingerprint density at radius 3 is 2.11 bits per heavy atom. The number of nitrogens with zero attached hydrogens (tertiary/aromatic N) is 5. The fraction of sp³-hybridized carbons (Fsp3) is 0.364. The highest BCUT2D eigenvalue weighted by molar-refractivity contribution is 5.46. The number of rotatable bonds is 1. The lowest BCUT2D eigenvalue weighted by molar-refractivity contribution is 0.156. The van der Waals surface area contributed by atoms with E-state index in [1.54, 1.807) is 0 Å². The van der Waals surface area contributed by atoms with Gasteiger partial charge in [0.25, 0.3) is 0 Å². The van der Waals surface area contributed by atoms with Gasteiger partial charge in [-0.25, -0.2) is 0 Å². The minimum atomic E-state index is -0.364. The largest absolute Gasteiger partial charge is 0.388 e. The number of aliphatic hydroxyl groups is 1. The van der Waals surface area contributed by atoms with E-state index in [0.29, 0.717) is 5.56 Å². The molecular formula is C22H21N5O. The molecule has 0 bridgehead atoms. The van der Waals surface area contributed by atoms with E-state index in [4.69, 9.17) is 16.1 Å². The first-order valence-corrected chi connectivity index (χ1v) is 9.45. The topological polar surface area (TPSA) is 117 Å². The van der Waals surface area contributed by atoms with Crippen molar-refractivity contribution < 1.29 is 5.11 Å². The summed E-state index contributed by atoms with van der Waals surface area (Å²) in [7, 11) is 0. The Hall–Kier alpha value is -3.31. The molecule has 0 amide bonds. The molecule has 28 heavy (non-hydrogen) atoms. The predicted octanol–water partition coefficient (Wildman–Crippen LogP) is 5.17. The average Bonchev–Trinajstić information content (AvgIpc) is 2.74. The van der Waals surface area contributed by atoms with Gasteiger partial charge in [0.05, 0.1) is 35.4 Å². The molecule has 6 nitrogen and oxygen atoms in total. The highest BCUT2D eigenvalue weighted by Crippen LogP contribution is 2.34. The van der Waals surface area contributed by atoms with Gasteiger partial charge in [-0.3, -0.25) is 0 Å². The highest BCUT2D eigenvalue weighted by Gasteiger charge is 2.21. The summed E-state index contributed by atoms with van der Waals surface area (Å²) >= 11 is 0. The Morgan fingerprint density at radius 1 is 0.929 bits per heavy atom. The molecular weight excluding hydrogens is 350 g/mol. The molecule has 0 saturated heterocycles. The van der Waals surface area contributed by atoms with Crippen LogP contribution in [0.25, 0.3) is 10.4 Å². The molecule has 4 rings (SSSR count). The van der Waals surface area contributed by atoms with Crippen LogP contribution in [0.15, 0.2) is 41.5 Å². The molecule has 1 N–H and O–H groups in total. The molecule has 0 unspecified atom stereocenters. The van der Waals surface area contributed by atoms with E-state index in [0.717, 1.165) is 66.3 Å². The number of nitriles is 2. The maximum atomic E-state index is 9.67. The second-order valence-electron chi connectivity index (χ2n) is 6.99. The second kappa shape index (κ2) is 9.06. The van der Waals surface area contributed by atoms with Gasteiger partial charge in [0.2, 0.25) is 0 Å². The fourth-order valence-electron chi connectivity index (χ4n) is 4.04. The van der Waals surface area contributed by atoms with E-state index in [2.05, 4.69) is 22.2 Å². The predicted molar refractivity (Wildman–Crippen MR) is 105 cm³/mol. The molecule has 140 valence electrons. The van der Waals surface area contributed by atoms with Crippen molar-refractivity contribution in [3.05, 3.63) is 80.2 Å². The minimum Gasteiger partial charge on any atom is -0.388 e. The summed E-state index contributed by atoms with van der Waals surface area (Å²) in [5.41, 5.74) is 14.0. The number of fused-ring (bicyclic) bond motifs is 2. The van der Waals surface area contributed by atoms with Crippen LogP contribution in [0.5, 0.6) is 0 Å². The van der Waals surface area contributed by atoms with Crippen LogP contribution < -0.4 is 0 Å². The lowest BCUT2D eigenvalue weighted by Crippen LogP contribution is -2.10. The third-order valence-electron chi connectivity index (χ3n) is 5.38. The molecule has 6 heteroatoms. The van der Waals surface area contributed by atoms with E-state index >= 15 is 0 Å². The molecule has 0 spiro atoms. The van der Waals surface area contributed by atoms with Crippen LogP contribution in [0.1, 0.15) is 71.2 Å². The summed E-state index contributed by atoms with van der Waals surface area (Å²) in [6.45, 7) is 0. The standard InChI is InChI=1S/C11H10N4.C11H11NO/c12-7-8-3-1-5-10-9(8)4-2-6-11(10)14-15-13;12-7-8-3-1-5-10-9(8)4-2-6-11(10)13/h1,3,5,11H,2,4,6H2;1,3,5,11,13H,2,4,6H2/t2*11-/m01/s1. The van der Waals surface area contributed by atoms with E-state index in [9.17, 15) is 5.11 Å². The lowest BCUT2D eigenvalue weighted by atomic mass is 9.85. The molecule has 0 heterocycles. The number of hydrogen-bond donors (Lipinski definition) is 1. The van der Waals surface area contributed by atoms with Crippen LogP contribution >= 0.6 is 0 Å². The van der Waals surface area contributed by atoms with Crippen molar-refractivity contribution in [1.82, 2.24) is 0 Å². The molecule has 2 aliphatic carbocycles. The average molecular weight is 371 g/mol. The Morgan fingerprint density at radius 2 is 1.50 bits per heavy atom. The second-order valence-corrected chi connectivity index (χ2v) is 6.99. The van der Waals surface area contributed by atoms with Gasteiger partial charge in [-0.05, 0) is 78.4 Å². The molecule has 2 aromatic rings. The summed E-state index contributed by atoms with van der Waals surface area (Å²) in [4.78, 5) is 2.86. The zero-order valence-corrected chi connectivity index (χ0v) is 15.5. The Bertz CT molecular complexity index is 995. The first kappa shape index (κ1) is 19.5. The monoisotopic (exact) mass is 371 g/mol. The zero-order chi connectivity index (χ0) is 19.9. The molecule has 0 fully saturated rings. The molecule has 2 aliphatic rings. The third kappa shape index (κ3) is 4.00. The summed E-state index contributed by atoms with van der Waals surface area (Å²) in [6.07, 6.45) is 5.14. The van der Waals surface area contributed by atoms with Crippen molar-refractivity contribution in [3.8, 4) is 12.1 Å². The molecule has 0 aliphatic heterocycles. The first-order valence-electron chi connectivity index (χ1n) is 9.45. The molecule has 0 aromatic heterocycles. The van der Waals surface area contributed by atoms with Crippen LogP contribution in [-0.4, -0.2) is 5.11 Å². The van der Waals surface area contributed by atoms with Gasteiger partial charge in [0, 0.05) is 4.91 Å². The zero-order valence-electron chi connectivity index (χ0n) is 15.5. The van der Waals surface area contributed by atoms with Crippen molar-refractivity contribution >= 4 is 0 Å². The number of benzene rings is 2. The molecule has 2 aromatic carbocycles. The maximum absolute atomic E-state index is 9.67. The smallest absolute Gasteiger partial charge is 0.0994 e. The summed E-state index contributed by atoms with van der Waals surface area (Å²) in [5, 5.41) is 31.2.